The van der Waals surface area contributed by atoms with Gasteiger partial charge in [0.2, 0.25) is 11.8 Å². The van der Waals surface area contributed by atoms with Gasteiger partial charge in [0.15, 0.2) is 0 Å². The summed E-state index contributed by atoms with van der Waals surface area (Å²) in [6, 6.07) is 8.08. The van der Waals surface area contributed by atoms with E-state index < -0.39 is 0 Å². The molecule has 0 bridgehead atoms. The number of likely N-dealkylation sites (N-methyl/N-ethyl adjacent to an activating group) is 1. The summed E-state index contributed by atoms with van der Waals surface area (Å²) in [4.78, 5) is 48.7. The highest BCUT2D eigenvalue weighted by Gasteiger charge is 2.24. The summed E-state index contributed by atoms with van der Waals surface area (Å²) in [7, 11) is 3.73. The average molecular weight is 468 g/mol. The van der Waals surface area contributed by atoms with E-state index in [1.807, 2.05) is 55.6 Å². The molecular formula is C24H29N5O3S. The van der Waals surface area contributed by atoms with Crippen LogP contribution >= 0.6 is 11.3 Å². The van der Waals surface area contributed by atoms with Crippen LogP contribution in [-0.4, -0.2) is 82.9 Å². The lowest BCUT2D eigenvalue weighted by molar-refractivity contribution is -0.140. The first kappa shape index (κ1) is 23.1. The molecule has 0 spiro atoms. The Kier molecular flexibility index (Phi) is 6.90. The van der Waals surface area contributed by atoms with Crippen LogP contribution in [0.4, 0.5) is 0 Å². The number of aromatic nitrogens is 2. The third kappa shape index (κ3) is 5.15. The van der Waals surface area contributed by atoms with Crippen molar-refractivity contribution in [1.82, 2.24) is 24.3 Å². The molecule has 174 valence electrons. The van der Waals surface area contributed by atoms with Gasteiger partial charge in [0.05, 0.1) is 18.3 Å². The van der Waals surface area contributed by atoms with Crippen molar-refractivity contribution in [2.45, 2.75) is 19.9 Å². The van der Waals surface area contributed by atoms with Crippen LogP contribution in [0.2, 0.25) is 0 Å². The summed E-state index contributed by atoms with van der Waals surface area (Å²) >= 11 is 1.45. The standard InChI is InChI=1S/C24H29N5O3S/c1-17-4-6-18(7-5-17)19-15-33-23-22(19)24(32)29(16-25-23)9-8-20(30)27-10-12-28(13-11-27)21(31)14-26(2)3/h4-7,15-16H,8-14H2,1-3H3. The molecule has 8 nitrogen and oxygen atoms in total. The van der Waals surface area contributed by atoms with Gasteiger partial charge in [-0.2, -0.15) is 0 Å². The van der Waals surface area contributed by atoms with E-state index in [4.69, 9.17) is 0 Å². The minimum Gasteiger partial charge on any atom is -0.339 e. The van der Waals surface area contributed by atoms with E-state index in [0.29, 0.717) is 42.9 Å². The highest BCUT2D eigenvalue weighted by molar-refractivity contribution is 7.17. The molecule has 3 heterocycles. The number of carbonyl (C=O) groups excluding carboxylic acids is 2. The van der Waals surface area contributed by atoms with Gasteiger partial charge in [-0.25, -0.2) is 4.98 Å². The summed E-state index contributed by atoms with van der Waals surface area (Å²) in [5.74, 6) is 0.0731. The van der Waals surface area contributed by atoms with Gasteiger partial charge in [-0.15, -0.1) is 11.3 Å². The Morgan fingerprint density at radius 3 is 2.30 bits per heavy atom. The first-order chi connectivity index (χ1) is 15.8. The fourth-order valence-corrected chi connectivity index (χ4v) is 4.93. The molecule has 0 saturated carbocycles. The van der Waals surface area contributed by atoms with E-state index in [0.717, 1.165) is 16.7 Å². The van der Waals surface area contributed by atoms with Crippen molar-refractivity contribution in [3.05, 3.63) is 51.9 Å². The Morgan fingerprint density at radius 2 is 1.67 bits per heavy atom. The number of nitrogens with zero attached hydrogens (tertiary/aromatic N) is 5. The zero-order chi connectivity index (χ0) is 23.5. The van der Waals surface area contributed by atoms with Crippen LogP contribution < -0.4 is 5.56 Å². The van der Waals surface area contributed by atoms with E-state index >= 15 is 0 Å². The Labute approximate surface area is 197 Å². The lowest BCUT2D eigenvalue weighted by Gasteiger charge is -2.35. The summed E-state index contributed by atoms with van der Waals surface area (Å²) < 4.78 is 1.53. The molecule has 0 radical (unpaired) electrons. The van der Waals surface area contributed by atoms with Crippen LogP contribution in [0.15, 0.2) is 40.8 Å². The molecule has 2 amide bonds. The molecule has 2 aromatic heterocycles. The Morgan fingerprint density at radius 1 is 1.03 bits per heavy atom. The monoisotopic (exact) mass is 467 g/mol. The summed E-state index contributed by atoms with van der Waals surface area (Å²) in [5.41, 5.74) is 2.91. The topological polar surface area (TPSA) is 78.8 Å². The number of carbonyl (C=O) groups is 2. The molecule has 0 atom stereocenters. The van der Waals surface area contributed by atoms with Crippen molar-refractivity contribution >= 4 is 33.4 Å². The number of hydrogen-bond donors (Lipinski definition) is 0. The van der Waals surface area contributed by atoms with Crippen molar-refractivity contribution in [2.24, 2.45) is 0 Å². The van der Waals surface area contributed by atoms with Gasteiger partial charge in [-0.3, -0.25) is 19.0 Å². The minimum atomic E-state index is -0.122. The number of thiophene rings is 1. The molecule has 1 aliphatic heterocycles. The molecule has 1 aliphatic rings. The van der Waals surface area contributed by atoms with E-state index in [9.17, 15) is 14.4 Å². The first-order valence-electron chi connectivity index (χ1n) is 11.1. The maximum absolute atomic E-state index is 13.2. The number of benzene rings is 1. The number of aryl methyl sites for hydroxylation is 2. The quantitative estimate of drug-likeness (QED) is 0.555. The fourth-order valence-electron chi connectivity index (χ4n) is 4.02. The largest absolute Gasteiger partial charge is 0.339 e. The second-order valence-corrected chi connectivity index (χ2v) is 9.55. The zero-order valence-corrected chi connectivity index (χ0v) is 20.1. The van der Waals surface area contributed by atoms with Crippen molar-refractivity contribution in [3.63, 3.8) is 0 Å². The van der Waals surface area contributed by atoms with Crippen molar-refractivity contribution < 1.29 is 9.59 Å². The van der Waals surface area contributed by atoms with Crippen LogP contribution in [0.25, 0.3) is 21.3 Å². The van der Waals surface area contributed by atoms with Crippen LogP contribution in [0, 0.1) is 6.92 Å². The van der Waals surface area contributed by atoms with Gasteiger partial charge in [0, 0.05) is 50.1 Å². The summed E-state index contributed by atoms with van der Waals surface area (Å²) in [6.07, 6.45) is 1.76. The normalized spacial score (nSPS) is 14.3. The van der Waals surface area contributed by atoms with Gasteiger partial charge in [0.25, 0.3) is 5.56 Å². The van der Waals surface area contributed by atoms with Gasteiger partial charge in [-0.05, 0) is 26.6 Å². The fraction of sp³-hybridized carbons (Fsp3) is 0.417. The lowest BCUT2D eigenvalue weighted by atomic mass is 10.1. The van der Waals surface area contributed by atoms with Crippen LogP contribution in [0.5, 0.6) is 0 Å². The van der Waals surface area contributed by atoms with Crippen molar-refractivity contribution in [3.8, 4) is 11.1 Å². The van der Waals surface area contributed by atoms with Crippen molar-refractivity contribution in [2.75, 3.05) is 46.8 Å². The number of amides is 2. The Bertz CT molecular complexity index is 1210. The van der Waals surface area contributed by atoms with Gasteiger partial charge in [-0.1, -0.05) is 29.8 Å². The molecule has 33 heavy (non-hydrogen) atoms. The Balaban J connectivity index is 1.42. The second-order valence-electron chi connectivity index (χ2n) is 8.69. The third-order valence-corrected chi connectivity index (χ3v) is 6.81. The molecule has 4 rings (SSSR count). The van der Waals surface area contributed by atoms with Gasteiger partial charge in [0.1, 0.15) is 4.83 Å². The Hall–Kier alpha value is -3.04. The molecule has 0 aliphatic carbocycles. The van der Waals surface area contributed by atoms with E-state index in [1.165, 1.54) is 22.2 Å². The van der Waals surface area contributed by atoms with Crippen LogP contribution in [0.1, 0.15) is 12.0 Å². The molecular weight excluding hydrogens is 438 g/mol. The van der Waals surface area contributed by atoms with Crippen molar-refractivity contribution in [1.29, 1.82) is 0 Å². The van der Waals surface area contributed by atoms with Gasteiger partial charge < -0.3 is 14.7 Å². The van der Waals surface area contributed by atoms with E-state index in [2.05, 4.69) is 4.98 Å². The SMILES string of the molecule is Cc1ccc(-c2csc3ncn(CCC(=O)N4CCN(C(=O)CN(C)C)CC4)c(=O)c23)cc1. The minimum absolute atomic E-state index is 0.00854. The molecule has 9 heteroatoms. The highest BCUT2D eigenvalue weighted by atomic mass is 32.1. The second kappa shape index (κ2) is 9.84. The van der Waals surface area contributed by atoms with Crippen LogP contribution in [0.3, 0.4) is 0 Å². The molecule has 1 fully saturated rings. The van der Waals surface area contributed by atoms with E-state index in [-0.39, 0.29) is 30.3 Å². The maximum Gasteiger partial charge on any atom is 0.262 e. The molecule has 0 N–H and O–H groups in total. The van der Waals surface area contributed by atoms with Gasteiger partial charge >= 0.3 is 0 Å². The molecule has 0 unspecified atom stereocenters. The number of piperazine rings is 1. The van der Waals surface area contributed by atoms with E-state index in [1.54, 1.807) is 9.80 Å². The van der Waals surface area contributed by atoms with Crippen LogP contribution in [-0.2, 0) is 16.1 Å². The number of hydrogen-bond acceptors (Lipinski definition) is 6. The predicted molar refractivity (Wildman–Crippen MR) is 130 cm³/mol. The third-order valence-electron chi connectivity index (χ3n) is 5.93. The zero-order valence-electron chi connectivity index (χ0n) is 19.3. The molecule has 1 saturated heterocycles. The first-order valence-corrected chi connectivity index (χ1v) is 12.0. The highest BCUT2D eigenvalue weighted by Crippen LogP contribution is 2.30. The summed E-state index contributed by atoms with van der Waals surface area (Å²) in [5, 5.41) is 2.57. The predicted octanol–water partition coefficient (Wildman–Crippen LogP) is 2.06. The maximum atomic E-state index is 13.2. The molecule has 3 aromatic rings. The number of fused-ring (bicyclic) bond motifs is 1. The lowest BCUT2D eigenvalue weighted by Crippen LogP contribution is -2.52. The summed E-state index contributed by atoms with van der Waals surface area (Å²) in [6.45, 7) is 4.81. The average Bonchev–Trinajstić information content (AvgIpc) is 3.23. The smallest absolute Gasteiger partial charge is 0.262 e. The molecule has 1 aromatic carbocycles. The number of rotatable bonds is 6.